The van der Waals surface area contributed by atoms with Gasteiger partial charge in [-0.3, -0.25) is 10.2 Å². The van der Waals surface area contributed by atoms with Gasteiger partial charge in [0, 0.05) is 43.7 Å². The smallest absolute Gasteiger partial charge is 0.266 e. The number of hydrazine groups is 1. The molecule has 0 saturated heterocycles. The summed E-state index contributed by atoms with van der Waals surface area (Å²) >= 11 is 0. The Morgan fingerprint density at radius 3 is 2.24 bits per heavy atom. The van der Waals surface area contributed by atoms with Crippen LogP contribution in [-0.4, -0.2) is 64.1 Å². The van der Waals surface area contributed by atoms with Gasteiger partial charge in [-0.1, -0.05) is 54.6 Å². The van der Waals surface area contributed by atoms with Gasteiger partial charge in [0.25, 0.3) is 5.91 Å². The Labute approximate surface area is 292 Å². The average Bonchev–Trinajstić information content (AvgIpc) is 3.56. The summed E-state index contributed by atoms with van der Waals surface area (Å²) in [5.74, 6) is 2.81. The Morgan fingerprint density at radius 1 is 0.860 bits per heavy atom. The largest absolute Gasteiger partial charge is 0.497 e. The number of amides is 1. The number of ether oxygens (including phenoxy) is 6. The van der Waals surface area contributed by atoms with Crippen molar-refractivity contribution in [2.24, 2.45) is 4.99 Å². The van der Waals surface area contributed by atoms with Crippen molar-refractivity contribution in [2.45, 2.75) is 31.0 Å². The van der Waals surface area contributed by atoms with E-state index in [4.69, 9.17) is 38.5 Å². The van der Waals surface area contributed by atoms with Crippen molar-refractivity contribution in [3.8, 4) is 28.7 Å². The van der Waals surface area contributed by atoms with Gasteiger partial charge in [0.05, 0.1) is 40.6 Å². The highest BCUT2D eigenvalue weighted by Crippen LogP contribution is 2.44. The van der Waals surface area contributed by atoms with E-state index in [2.05, 4.69) is 10.9 Å². The Morgan fingerprint density at radius 2 is 1.58 bits per heavy atom. The highest BCUT2D eigenvalue weighted by Gasteiger charge is 2.52. The maximum Gasteiger partial charge on any atom is 0.266 e. The number of aliphatic hydroxyl groups is 1. The lowest BCUT2D eigenvalue weighted by Crippen LogP contribution is -2.52. The van der Waals surface area contributed by atoms with E-state index in [1.165, 1.54) is 0 Å². The van der Waals surface area contributed by atoms with Crippen LogP contribution in [0, 0.1) is 0 Å². The molecule has 0 saturated carbocycles. The number of methoxy groups -OCH3 is 4. The van der Waals surface area contributed by atoms with E-state index in [1.54, 1.807) is 40.6 Å². The summed E-state index contributed by atoms with van der Waals surface area (Å²) in [6.07, 6.45) is 3.81. The van der Waals surface area contributed by atoms with Crippen molar-refractivity contribution in [2.75, 3.05) is 41.7 Å². The first-order chi connectivity index (χ1) is 24.4. The molecule has 262 valence electrons. The van der Waals surface area contributed by atoms with Gasteiger partial charge in [0.1, 0.15) is 28.7 Å². The maximum absolute atomic E-state index is 14.6. The van der Waals surface area contributed by atoms with Crippen LogP contribution in [0.2, 0.25) is 0 Å². The first kappa shape index (κ1) is 35.8. The molecule has 50 heavy (non-hydrogen) atoms. The Hall–Kier alpha value is -5.52. The number of carbonyl (C=O) groups excluding carboxylic acids is 1. The van der Waals surface area contributed by atoms with E-state index < -0.39 is 17.6 Å². The molecule has 5 rings (SSSR count). The van der Waals surface area contributed by atoms with Crippen molar-refractivity contribution in [1.29, 1.82) is 0 Å². The third-order valence-corrected chi connectivity index (χ3v) is 8.25. The van der Waals surface area contributed by atoms with Gasteiger partial charge in [-0.05, 0) is 47.5 Å². The monoisotopic (exact) mass is 681 g/mol. The molecule has 0 bridgehead atoms. The molecule has 3 N–H and O–H groups in total. The molecule has 2 atom stereocenters. The molecule has 11 heteroatoms. The summed E-state index contributed by atoms with van der Waals surface area (Å²) in [6.45, 7) is 0.619. The second-order valence-corrected chi connectivity index (χ2v) is 11.4. The van der Waals surface area contributed by atoms with Crippen molar-refractivity contribution < 1.29 is 38.3 Å². The van der Waals surface area contributed by atoms with Crippen molar-refractivity contribution in [3.63, 3.8) is 0 Å². The van der Waals surface area contributed by atoms with Gasteiger partial charge in [0.15, 0.2) is 11.6 Å². The van der Waals surface area contributed by atoms with E-state index in [-0.39, 0.29) is 19.6 Å². The van der Waals surface area contributed by atoms with Crippen molar-refractivity contribution in [1.82, 2.24) is 10.9 Å². The molecular formula is C39H43N3O8. The molecule has 1 heterocycles. The van der Waals surface area contributed by atoms with E-state index >= 15 is 0 Å². The number of carbonyl (C=O) groups is 1. The number of hydrogen-bond donors (Lipinski definition) is 3. The molecule has 1 amide bonds. The minimum absolute atomic E-state index is 0.0489. The fraction of sp³-hybridized carbons (Fsp3) is 0.282. The van der Waals surface area contributed by atoms with Crippen LogP contribution in [0.3, 0.4) is 0 Å². The number of nitrogens with zero attached hydrogens (tertiary/aromatic N) is 1. The summed E-state index contributed by atoms with van der Waals surface area (Å²) < 4.78 is 34.5. The van der Waals surface area contributed by atoms with Gasteiger partial charge < -0.3 is 33.5 Å². The highest BCUT2D eigenvalue weighted by molar-refractivity contribution is 6.01. The molecule has 0 unspecified atom stereocenters. The van der Waals surface area contributed by atoms with Crippen LogP contribution in [-0.2, 0) is 16.1 Å². The van der Waals surface area contributed by atoms with E-state index in [0.717, 1.165) is 5.56 Å². The van der Waals surface area contributed by atoms with Gasteiger partial charge in [-0.2, -0.15) is 0 Å². The molecule has 0 aliphatic carbocycles. The predicted molar refractivity (Wildman–Crippen MR) is 191 cm³/mol. The Kier molecular flexibility index (Phi) is 12.3. The van der Waals surface area contributed by atoms with E-state index in [9.17, 15) is 4.79 Å². The highest BCUT2D eigenvalue weighted by atomic mass is 16.5. The van der Waals surface area contributed by atoms with Crippen LogP contribution >= 0.6 is 0 Å². The molecule has 4 aromatic rings. The summed E-state index contributed by atoms with van der Waals surface area (Å²) in [5.41, 5.74) is 7.60. The molecule has 0 aromatic heterocycles. The van der Waals surface area contributed by atoms with Crippen LogP contribution in [0.1, 0.15) is 41.2 Å². The molecule has 0 radical (unpaired) electrons. The fourth-order valence-electron chi connectivity index (χ4n) is 5.63. The number of benzene rings is 4. The zero-order chi connectivity index (χ0) is 35.3. The molecule has 1 aliphatic heterocycles. The number of rotatable bonds is 17. The number of nitrogens with one attached hydrogen (secondary N) is 2. The molecule has 11 nitrogen and oxygen atoms in total. The maximum atomic E-state index is 14.6. The van der Waals surface area contributed by atoms with Crippen LogP contribution in [0.5, 0.6) is 28.7 Å². The number of aliphatic hydroxyl groups excluding tert-OH is 1. The molecule has 0 spiro atoms. The minimum atomic E-state index is -1.44. The summed E-state index contributed by atoms with van der Waals surface area (Å²) in [4.78, 5) is 19.6. The third kappa shape index (κ3) is 8.36. The van der Waals surface area contributed by atoms with Gasteiger partial charge in [0.2, 0.25) is 5.90 Å². The van der Waals surface area contributed by atoms with E-state index in [0.29, 0.717) is 64.4 Å². The van der Waals surface area contributed by atoms with Gasteiger partial charge in [-0.25, -0.2) is 10.4 Å². The van der Waals surface area contributed by atoms with Crippen molar-refractivity contribution >= 4 is 17.9 Å². The zero-order valence-corrected chi connectivity index (χ0v) is 28.7. The Bertz CT molecular complexity index is 1750. The second kappa shape index (κ2) is 17.2. The zero-order valence-electron chi connectivity index (χ0n) is 28.7. The predicted octanol–water partition coefficient (Wildman–Crippen LogP) is 5.66. The second-order valence-electron chi connectivity index (χ2n) is 11.4. The fourth-order valence-corrected chi connectivity index (χ4v) is 5.63. The summed E-state index contributed by atoms with van der Waals surface area (Å²) in [5, 5.41) is 9.10. The topological polar surface area (TPSA) is 129 Å². The van der Waals surface area contributed by atoms with Crippen LogP contribution < -0.4 is 34.5 Å². The lowest BCUT2D eigenvalue weighted by Gasteiger charge is -2.30. The summed E-state index contributed by atoms with van der Waals surface area (Å²) in [7, 11) is 6.28. The lowest BCUT2D eigenvalue weighted by atomic mass is 9.84. The van der Waals surface area contributed by atoms with Crippen LogP contribution in [0.15, 0.2) is 102 Å². The minimum Gasteiger partial charge on any atom is -0.497 e. The normalized spacial score (nSPS) is 16.7. The van der Waals surface area contributed by atoms with Gasteiger partial charge >= 0.3 is 0 Å². The number of hydrogen-bond acceptors (Lipinski definition) is 10. The lowest BCUT2D eigenvalue weighted by molar-refractivity contribution is -0.129. The molecule has 1 aliphatic rings. The van der Waals surface area contributed by atoms with Gasteiger partial charge in [-0.15, -0.1) is 0 Å². The van der Waals surface area contributed by atoms with E-state index in [1.807, 2.05) is 91.0 Å². The van der Waals surface area contributed by atoms with Crippen molar-refractivity contribution in [3.05, 3.63) is 119 Å². The standard InChI is InChI=1S/C39H43N3O8/c1-45-31-15-8-14-29(23-31)36-39(20-9-13-27-11-6-5-7-12-27,41-37(50-36)28-16-18-30(19-17-28)49-22-10-21-43)38(44)42-40-26-33-34(47-3)24-32(46-2)25-35(33)48-4/h5-9,11-19,23-25,36,40,43H,10,20-22,26H2,1-4H3,(H,42,44)/b13-9+/t36-,39-/m0/s1. The number of aliphatic imine (C=N–C) groups is 1. The Balaban J connectivity index is 1.52. The third-order valence-electron chi connectivity index (χ3n) is 8.25. The first-order valence-corrected chi connectivity index (χ1v) is 16.2. The average molecular weight is 682 g/mol. The first-order valence-electron chi connectivity index (χ1n) is 16.2. The molecule has 0 fully saturated rings. The summed E-state index contributed by atoms with van der Waals surface area (Å²) in [6, 6.07) is 28.1. The molecular weight excluding hydrogens is 638 g/mol. The van der Waals surface area contributed by atoms with Crippen LogP contribution in [0.4, 0.5) is 0 Å². The molecule has 4 aromatic carbocycles. The van der Waals surface area contributed by atoms with Crippen LogP contribution in [0.25, 0.3) is 6.08 Å². The SMILES string of the molecule is COc1cccc([C@@H]2OC(c3ccc(OCCCO)cc3)=N[C@]2(C/C=C/c2ccccc2)C(=O)NNCc2c(OC)cc(OC)cc2OC)c1. The quantitative estimate of drug-likeness (QED) is 0.0955.